The van der Waals surface area contributed by atoms with Crippen LogP contribution >= 0.6 is 0 Å². The molecule has 2 rings (SSSR count). The Kier molecular flexibility index (Phi) is 3.26. The Morgan fingerprint density at radius 1 is 1.50 bits per heavy atom. The molecule has 4 N–H and O–H groups in total. The SMILES string of the molecule is O=C1CCC(NC(=O)c2nc[nH]c2C(=O)O)CN1. The van der Waals surface area contributed by atoms with E-state index < -0.39 is 11.9 Å². The molecule has 0 spiro atoms. The molecule has 8 heteroatoms. The molecule has 0 radical (unpaired) electrons. The van der Waals surface area contributed by atoms with Gasteiger partial charge in [0, 0.05) is 19.0 Å². The number of aromatic carboxylic acids is 1. The molecule has 1 aromatic heterocycles. The average molecular weight is 252 g/mol. The molecule has 1 aliphatic heterocycles. The molecule has 2 amide bonds. The van der Waals surface area contributed by atoms with Gasteiger partial charge >= 0.3 is 5.97 Å². The number of carboxylic acid groups (broad SMARTS) is 1. The standard InChI is InChI=1S/C10H12N4O4/c15-6-2-1-5(3-11-6)14-9(16)7-8(10(17)18)13-4-12-7/h4-5H,1-3H2,(H,11,15)(H,12,13)(H,14,16)(H,17,18). The van der Waals surface area contributed by atoms with Gasteiger partial charge in [-0.2, -0.15) is 0 Å². The smallest absolute Gasteiger partial charge is 0.354 e. The maximum atomic E-state index is 11.8. The molecule has 0 bridgehead atoms. The first-order valence-electron chi connectivity index (χ1n) is 5.42. The minimum absolute atomic E-state index is 0.0495. The number of hydrogen-bond acceptors (Lipinski definition) is 4. The van der Waals surface area contributed by atoms with Gasteiger partial charge in [-0.05, 0) is 6.42 Å². The molecule has 1 saturated heterocycles. The highest BCUT2D eigenvalue weighted by atomic mass is 16.4. The number of carbonyl (C=O) groups excluding carboxylic acids is 2. The summed E-state index contributed by atoms with van der Waals surface area (Å²) in [4.78, 5) is 39.6. The van der Waals surface area contributed by atoms with Crippen molar-refractivity contribution < 1.29 is 19.5 Å². The first-order valence-corrected chi connectivity index (χ1v) is 5.42. The highest BCUT2D eigenvalue weighted by Crippen LogP contribution is 2.06. The van der Waals surface area contributed by atoms with E-state index in [4.69, 9.17) is 5.11 Å². The predicted molar refractivity (Wildman–Crippen MR) is 59.0 cm³/mol. The van der Waals surface area contributed by atoms with Crippen molar-refractivity contribution >= 4 is 17.8 Å². The molecule has 1 unspecified atom stereocenters. The lowest BCUT2D eigenvalue weighted by atomic mass is 10.1. The van der Waals surface area contributed by atoms with Gasteiger partial charge in [0.1, 0.15) is 0 Å². The minimum Gasteiger partial charge on any atom is -0.477 e. The van der Waals surface area contributed by atoms with E-state index in [1.54, 1.807) is 0 Å². The normalized spacial score (nSPS) is 19.1. The second-order valence-electron chi connectivity index (χ2n) is 3.94. The number of imidazole rings is 1. The van der Waals surface area contributed by atoms with Crippen LogP contribution in [-0.2, 0) is 4.79 Å². The fourth-order valence-electron chi connectivity index (χ4n) is 1.74. The van der Waals surface area contributed by atoms with Gasteiger partial charge in [-0.25, -0.2) is 9.78 Å². The van der Waals surface area contributed by atoms with Crippen LogP contribution in [0.25, 0.3) is 0 Å². The summed E-state index contributed by atoms with van der Waals surface area (Å²) in [5.41, 5.74) is -0.397. The Morgan fingerprint density at radius 3 is 2.89 bits per heavy atom. The lowest BCUT2D eigenvalue weighted by Gasteiger charge is -2.23. The zero-order chi connectivity index (χ0) is 13.1. The first kappa shape index (κ1) is 12.1. The lowest BCUT2D eigenvalue weighted by molar-refractivity contribution is -0.122. The summed E-state index contributed by atoms with van der Waals surface area (Å²) in [6.07, 6.45) is 2.03. The number of carbonyl (C=O) groups is 3. The average Bonchev–Trinajstić information content (AvgIpc) is 2.81. The number of aromatic amines is 1. The van der Waals surface area contributed by atoms with Gasteiger partial charge < -0.3 is 20.7 Å². The highest BCUT2D eigenvalue weighted by molar-refractivity contribution is 6.02. The third kappa shape index (κ3) is 2.47. The van der Waals surface area contributed by atoms with Crippen LogP contribution in [0, 0.1) is 0 Å². The summed E-state index contributed by atoms with van der Waals surface area (Å²) in [5.74, 6) is -1.85. The number of hydrogen-bond donors (Lipinski definition) is 4. The zero-order valence-electron chi connectivity index (χ0n) is 9.40. The van der Waals surface area contributed by atoms with E-state index in [-0.39, 0.29) is 23.3 Å². The van der Waals surface area contributed by atoms with Crippen LogP contribution in [0.5, 0.6) is 0 Å². The van der Waals surface area contributed by atoms with E-state index >= 15 is 0 Å². The third-order valence-corrected chi connectivity index (χ3v) is 2.67. The molecule has 8 nitrogen and oxygen atoms in total. The summed E-state index contributed by atoms with van der Waals surface area (Å²) in [6, 6.07) is -0.200. The molecule has 0 aromatic carbocycles. The van der Waals surface area contributed by atoms with E-state index in [0.717, 1.165) is 6.33 Å². The van der Waals surface area contributed by atoms with E-state index in [1.807, 2.05) is 0 Å². The molecule has 1 fully saturated rings. The lowest BCUT2D eigenvalue weighted by Crippen LogP contribution is -2.48. The number of H-pyrrole nitrogens is 1. The number of nitrogens with one attached hydrogen (secondary N) is 3. The number of nitrogens with zero attached hydrogens (tertiary/aromatic N) is 1. The summed E-state index contributed by atoms with van der Waals surface area (Å²) >= 11 is 0. The van der Waals surface area contributed by atoms with Gasteiger partial charge in [0.15, 0.2) is 11.4 Å². The Labute approximate surface area is 102 Å². The molecular weight excluding hydrogens is 240 g/mol. The summed E-state index contributed by atoms with van der Waals surface area (Å²) in [7, 11) is 0. The Morgan fingerprint density at radius 2 is 2.28 bits per heavy atom. The molecule has 96 valence electrons. The van der Waals surface area contributed by atoms with Crippen LogP contribution in [0.2, 0.25) is 0 Å². The van der Waals surface area contributed by atoms with Crippen molar-refractivity contribution in [2.24, 2.45) is 0 Å². The van der Waals surface area contributed by atoms with Gasteiger partial charge in [-0.15, -0.1) is 0 Å². The first-order chi connectivity index (χ1) is 8.58. The summed E-state index contributed by atoms with van der Waals surface area (Å²) < 4.78 is 0. The number of amides is 2. The maximum absolute atomic E-state index is 11.8. The quantitative estimate of drug-likeness (QED) is 0.556. The fraction of sp³-hybridized carbons (Fsp3) is 0.400. The van der Waals surface area contributed by atoms with Gasteiger partial charge in [-0.1, -0.05) is 0 Å². The number of piperidine rings is 1. The van der Waals surface area contributed by atoms with Crippen molar-refractivity contribution in [3.8, 4) is 0 Å². The van der Waals surface area contributed by atoms with Gasteiger partial charge in [0.2, 0.25) is 5.91 Å². The number of aromatic nitrogens is 2. The van der Waals surface area contributed by atoms with E-state index in [0.29, 0.717) is 19.4 Å². The minimum atomic E-state index is -1.24. The molecule has 0 saturated carbocycles. The van der Waals surface area contributed by atoms with Crippen molar-refractivity contribution in [2.45, 2.75) is 18.9 Å². The Hall–Kier alpha value is -2.38. The second kappa shape index (κ2) is 4.86. The molecule has 1 atom stereocenters. The van der Waals surface area contributed by atoms with Crippen LogP contribution in [-0.4, -0.2) is 45.4 Å². The number of carboxylic acids is 1. The summed E-state index contributed by atoms with van der Waals surface area (Å²) in [6.45, 7) is 0.345. The Bertz CT molecular complexity index is 486. The number of rotatable bonds is 3. The van der Waals surface area contributed by atoms with Crippen molar-refractivity contribution in [3.63, 3.8) is 0 Å². The van der Waals surface area contributed by atoms with E-state index in [1.165, 1.54) is 0 Å². The molecule has 18 heavy (non-hydrogen) atoms. The van der Waals surface area contributed by atoms with Crippen LogP contribution < -0.4 is 10.6 Å². The molecule has 1 aromatic rings. The molecular formula is C10H12N4O4. The highest BCUT2D eigenvalue weighted by Gasteiger charge is 2.24. The van der Waals surface area contributed by atoms with Crippen LogP contribution in [0.1, 0.15) is 33.8 Å². The van der Waals surface area contributed by atoms with Crippen LogP contribution in [0.4, 0.5) is 0 Å². The molecule has 2 heterocycles. The van der Waals surface area contributed by atoms with Crippen molar-refractivity contribution in [3.05, 3.63) is 17.7 Å². The fourth-order valence-corrected chi connectivity index (χ4v) is 1.74. The largest absolute Gasteiger partial charge is 0.477 e. The van der Waals surface area contributed by atoms with Gasteiger partial charge in [-0.3, -0.25) is 9.59 Å². The van der Waals surface area contributed by atoms with Crippen molar-refractivity contribution in [2.75, 3.05) is 6.54 Å². The molecule has 1 aliphatic rings. The summed E-state index contributed by atoms with van der Waals surface area (Å²) in [5, 5.41) is 14.1. The van der Waals surface area contributed by atoms with E-state index in [2.05, 4.69) is 20.6 Å². The monoisotopic (exact) mass is 252 g/mol. The zero-order valence-corrected chi connectivity index (χ0v) is 9.40. The van der Waals surface area contributed by atoms with E-state index in [9.17, 15) is 14.4 Å². The van der Waals surface area contributed by atoms with Crippen LogP contribution in [0.15, 0.2) is 6.33 Å². The predicted octanol–water partition coefficient (Wildman–Crippen LogP) is -0.884. The van der Waals surface area contributed by atoms with Crippen LogP contribution in [0.3, 0.4) is 0 Å². The van der Waals surface area contributed by atoms with Gasteiger partial charge in [0.25, 0.3) is 5.91 Å². The van der Waals surface area contributed by atoms with Gasteiger partial charge in [0.05, 0.1) is 6.33 Å². The van der Waals surface area contributed by atoms with Crippen molar-refractivity contribution in [1.29, 1.82) is 0 Å². The molecule has 0 aliphatic carbocycles. The van der Waals surface area contributed by atoms with Crippen molar-refractivity contribution in [1.82, 2.24) is 20.6 Å². The second-order valence-corrected chi connectivity index (χ2v) is 3.94. The topological polar surface area (TPSA) is 124 Å². The third-order valence-electron chi connectivity index (χ3n) is 2.67. The maximum Gasteiger partial charge on any atom is 0.354 e. The Balaban J connectivity index is 2.01.